The molecule has 0 saturated carbocycles. The number of halogens is 2. The molecule has 1 rings (SSSR count). The lowest BCUT2D eigenvalue weighted by atomic mass is 10.3. The molecule has 0 aliphatic heterocycles. The van der Waals surface area contributed by atoms with Crippen LogP contribution in [0.3, 0.4) is 0 Å². The molecule has 0 aliphatic carbocycles. The zero-order valence-electron chi connectivity index (χ0n) is 10.5. The van der Waals surface area contributed by atoms with Crippen molar-refractivity contribution in [1.29, 1.82) is 0 Å². The van der Waals surface area contributed by atoms with Crippen molar-refractivity contribution in [3.05, 3.63) is 16.0 Å². The number of hydrogen-bond donors (Lipinski definition) is 0. The number of nitrogens with zero attached hydrogens (tertiary/aromatic N) is 4. The summed E-state index contributed by atoms with van der Waals surface area (Å²) in [4.78, 5) is 12.6. The highest BCUT2D eigenvalue weighted by atomic mass is 79.9. The Hall–Kier alpha value is -0.390. The van der Waals surface area contributed by atoms with E-state index in [2.05, 4.69) is 56.7 Å². The Morgan fingerprint density at radius 3 is 2.65 bits per heavy atom. The van der Waals surface area contributed by atoms with Crippen LogP contribution in [0.5, 0.6) is 0 Å². The van der Waals surface area contributed by atoms with Gasteiger partial charge >= 0.3 is 0 Å². The van der Waals surface area contributed by atoms with Crippen molar-refractivity contribution in [2.75, 3.05) is 38.6 Å². The summed E-state index contributed by atoms with van der Waals surface area (Å²) >= 11 is 9.28. The first-order chi connectivity index (χ1) is 8.04. The first-order valence-corrected chi connectivity index (χ1v) is 6.79. The van der Waals surface area contributed by atoms with Crippen LogP contribution in [-0.4, -0.2) is 48.6 Å². The van der Waals surface area contributed by atoms with Gasteiger partial charge in [0.1, 0.15) is 5.82 Å². The van der Waals surface area contributed by atoms with Gasteiger partial charge in [0.25, 0.3) is 0 Å². The summed E-state index contributed by atoms with van der Waals surface area (Å²) in [6.07, 6.45) is 2.79. The maximum atomic E-state index is 5.82. The van der Waals surface area contributed by atoms with Crippen LogP contribution in [0.2, 0.25) is 5.28 Å². The molecule has 1 aromatic heterocycles. The quantitative estimate of drug-likeness (QED) is 0.754. The molecule has 4 nitrogen and oxygen atoms in total. The number of anilines is 1. The van der Waals surface area contributed by atoms with Crippen molar-refractivity contribution in [1.82, 2.24) is 14.9 Å². The van der Waals surface area contributed by atoms with E-state index in [-0.39, 0.29) is 5.28 Å². The van der Waals surface area contributed by atoms with Crippen LogP contribution in [0.1, 0.15) is 13.3 Å². The van der Waals surface area contributed by atoms with E-state index in [1.54, 1.807) is 6.20 Å². The summed E-state index contributed by atoms with van der Waals surface area (Å²) in [6, 6.07) is 0. The Morgan fingerprint density at radius 1 is 1.35 bits per heavy atom. The fourth-order valence-corrected chi connectivity index (χ4v) is 2.12. The lowest BCUT2D eigenvalue weighted by Crippen LogP contribution is -2.28. The van der Waals surface area contributed by atoms with Crippen LogP contribution >= 0.6 is 27.5 Å². The molecule has 96 valence electrons. The zero-order valence-corrected chi connectivity index (χ0v) is 12.8. The van der Waals surface area contributed by atoms with E-state index >= 15 is 0 Å². The molecule has 0 spiro atoms. The van der Waals surface area contributed by atoms with E-state index < -0.39 is 0 Å². The van der Waals surface area contributed by atoms with Crippen molar-refractivity contribution in [3.8, 4) is 0 Å². The standard InChI is InChI=1S/C11H18BrClN4/c1-4-17(7-5-6-16(2)3)10-9(12)8-14-11(13)15-10/h8H,4-7H2,1-3H3. The first-order valence-electron chi connectivity index (χ1n) is 5.62. The van der Waals surface area contributed by atoms with Crippen LogP contribution in [-0.2, 0) is 0 Å². The molecular weight excluding hydrogens is 304 g/mol. The Kier molecular flexibility index (Phi) is 6.16. The summed E-state index contributed by atoms with van der Waals surface area (Å²) in [5.41, 5.74) is 0. The van der Waals surface area contributed by atoms with Crippen molar-refractivity contribution in [2.45, 2.75) is 13.3 Å². The minimum Gasteiger partial charge on any atom is -0.356 e. The summed E-state index contributed by atoms with van der Waals surface area (Å²) in [5, 5.41) is 0.286. The maximum Gasteiger partial charge on any atom is 0.224 e. The second-order valence-corrected chi connectivity index (χ2v) is 5.24. The normalized spacial score (nSPS) is 10.9. The van der Waals surface area contributed by atoms with Gasteiger partial charge in [0.2, 0.25) is 5.28 Å². The van der Waals surface area contributed by atoms with Gasteiger partial charge < -0.3 is 9.80 Å². The Labute approximate surface area is 116 Å². The van der Waals surface area contributed by atoms with E-state index in [0.29, 0.717) is 0 Å². The fourth-order valence-electron chi connectivity index (χ4n) is 1.55. The lowest BCUT2D eigenvalue weighted by Gasteiger charge is -2.23. The van der Waals surface area contributed by atoms with Gasteiger partial charge in [-0.1, -0.05) is 0 Å². The molecule has 17 heavy (non-hydrogen) atoms. The molecule has 6 heteroatoms. The monoisotopic (exact) mass is 320 g/mol. The van der Waals surface area contributed by atoms with Gasteiger partial charge in [-0.25, -0.2) is 4.98 Å². The molecule has 0 atom stereocenters. The smallest absolute Gasteiger partial charge is 0.224 e. The van der Waals surface area contributed by atoms with E-state index in [1.165, 1.54) is 0 Å². The second kappa shape index (κ2) is 7.13. The van der Waals surface area contributed by atoms with Crippen molar-refractivity contribution in [3.63, 3.8) is 0 Å². The van der Waals surface area contributed by atoms with Crippen LogP contribution in [0.25, 0.3) is 0 Å². The largest absolute Gasteiger partial charge is 0.356 e. The third-order valence-corrected chi connectivity index (χ3v) is 3.15. The molecule has 0 amide bonds. The second-order valence-electron chi connectivity index (χ2n) is 4.05. The number of aromatic nitrogens is 2. The summed E-state index contributed by atoms with van der Waals surface area (Å²) in [5.74, 6) is 0.867. The number of rotatable bonds is 6. The minimum absolute atomic E-state index is 0.286. The fraction of sp³-hybridized carbons (Fsp3) is 0.636. The minimum atomic E-state index is 0.286. The third-order valence-electron chi connectivity index (χ3n) is 2.41. The van der Waals surface area contributed by atoms with Gasteiger partial charge in [-0.15, -0.1) is 0 Å². The van der Waals surface area contributed by atoms with Gasteiger partial charge in [-0.05, 0) is 61.5 Å². The van der Waals surface area contributed by atoms with Crippen molar-refractivity contribution >= 4 is 33.3 Å². The molecule has 0 bridgehead atoms. The highest BCUT2D eigenvalue weighted by Crippen LogP contribution is 2.24. The van der Waals surface area contributed by atoms with E-state index in [4.69, 9.17) is 11.6 Å². The molecule has 0 unspecified atom stereocenters. The number of hydrogen-bond acceptors (Lipinski definition) is 4. The van der Waals surface area contributed by atoms with Crippen molar-refractivity contribution in [2.24, 2.45) is 0 Å². The molecule has 1 aromatic rings. The molecule has 0 fully saturated rings. The Bertz CT molecular complexity index is 359. The third kappa shape index (κ3) is 4.77. The van der Waals surface area contributed by atoms with E-state index in [9.17, 15) is 0 Å². The molecule has 0 aromatic carbocycles. The maximum absolute atomic E-state index is 5.82. The predicted molar refractivity (Wildman–Crippen MR) is 75.8 cm³/mol. The average molecular weight is 322 g/mol. The first kappa shape index (κ1) is 14.7. The van der Waals surface area contributed by atoms with Gasteiger partial charge in [-0.3, -0.25) is 0 Å². The zero-order chi connectivity index (χ0) is 12.8. The van der Waals surface area contributed by atoms with Crippen LogP contribution in [0.15, 0.2) is 10.7 Å². The average Bonchev–Trinajstić information content (AvgIpc) is 2.28. The van der Waals surface area contributed by atoms with Crippen LogP contribution in [0, 0.1) is 0 Å². The van der Waals surface area contributed by atoms with E-state index in [0.717, 1.165) is 36.3 Å². The topological polar surface area (TPSA) is 32.3 Å². The molecular formula is C11H18BrClN4. The summed E-state index contributed by atoms with van der Waals surface area (Å²) in [6.45, 7) is 5.03. The molecule has 0 aliphatic rings. The van der Waals surface area contributed by atoms with Crippen LogP contribution < -0.4 is 4.90 Å². The van der Waals surface area contributed by atoms with Crippen LogP contribution in [0.4, 0.5) is 5.82 Å². The van der Waals surface area contributed by atoms with E-state index in [1.807, 2.05) is 0 Å². The lowest BCUT2D eigenvalue weighted by molar-refractivity contribution is 0.400. The van der Waals surface area contributed by atoms with Gasteiger partial charge in [0, 0.05) is 19.3 Å². The predicted octanol–water partition coefficient (Wildman–Crippen LogP) is 2.67. The molecule has 0 N–H and O–H groups in total. The van der Waals surface area contributed by atoms with Gasteiger partial charge in [0.15, 0.2) is 0 Å². The summed E-state index contributed by atoms with van der Waals surface area (Å²) in [7, 11) is 4.15. The highest BCUT2D eigenvalue weighted by Gasteiger charge is 2.11. The SMILES string of the molecule is CCN(CCCN(C)C)c1nc(Cl)ncc1Br. The Morgan fingerprint density at radius 2 is 2.06 bits per heavy atom. The van der Waals surface area contributed by atoms with Crippen molar-refractivity contribution < 1.29 is 0 Å². The van der Waals surface area contributed by atoms with Gasteiger partial charge in [-0.2, -0.15) is 4.98 Å². The molecule has 0 radical (unpaired) electrons. The highest BCUT2D eigenvalue weighted by molar-refractivity contribution is 9.10. The molecule has 0 saturated heterocycles. The summed E-state index contributed by atoms with van der Waals surface area (Å²) < 4.78 is 0.883. The molecule has 1 heterocycles. The Balaban J connectivity index is 2.68. The van der Waals surface area contributed by atoms with Gasteiger partial charge in [0.05, 0.1) is 4.47 Å².